The molecule has 2 unspecified atom stereocenters. The second kappa shape index (κ2) is 6.75. The Labute approximate surface area is 113 Å². The zero-order valence-corrected chi connectivity index (χ0v) is 11.9. The third kappa shape index (κ3) is 6.42. The number of urea groups is 1. The first-order valence-electron chi connectivity index (χ1n) is 6.63. The highest BCUT2D eigenvalue weighted by Crippen LogP contribution is 2.24. The molecule has 0 saturated carbocycles. The molecule has 0 radical (unpaired) electrons. The van der Waals surface area contributed by atoms with Gasteiger partial charge in [0, 0.05) is 13.2 Å². The van der Waals surface area contributed by atoms with Gasteiger partial charge in [-0.3, -0.25) is 4.79 Å². The van der Waals surface area contributed by atoms with Crippen LogP contribution in [-0.2, 0) is 9.53 Å². The van der Waals surface area contributed by atoms with E-state index in [-0.39, 0.29) is 24.0 Å². The van der Waals surface area contributed by atoms with E-state index in [0.717, 1.165) is 6.42 Å². The third-order valence-electron chi connectivity index (χ3n) is 2.98. The standard InChI is InChI=1S/C13H24N2O4/c1-13(2,3)6-9(11(16)17)7-14-12(18)15-10-4-5-19-8-10/h9-10H,4-8H2,1-3H3,(H,16,17)(H2,14,15,18). The molecule has 0 aromatic heterocycles. The number of aliphatic carboxylic acids is 1. The summed E-state index contributed by atoms with van der Waals surface area (Å²) >= 11 is 0. The first-order valence-corrected chi connectivity index (χ1v) is 6.63. The number of carbonyl (C=O) groups excluding carboxylic acids is 1. The Hall–Kier alpha value is -1.30. The minimum absolute atomic E-state index is 0.0332. The van der Waals surface area contributed by atoms with E-state index in [4.69, 9.17) is 9.84 Å². The van der Waals surface area contributed by atoms with Crippen LogP contribution in [0.25, 0.3) is 0 Å². The summed E-state index contributed by atoms with van der Waals surface area (Å²) in [6, 6.07) is -0.290. The lowest BCUT2D eigenvalue weighted by Crippen LogP contribution is -2.45. The number of hydrogen-bond donors (Lipinski definition) is 3. The fraction of sp³-hybridized carbons (Fsp3) is 0.846. The van der Waals surface area contributed by atoms with Gasteiger partial charge in [0.05, 0.1) is 18.6 Å². The van der Waals surface area contributed by atoms with Crippen molar-refractivity contribution in [3.05, 3.63) is 0 Å². The number of nitrogens with one attached hydrogen (secondary N) is 2. The number of carbonyl (C=O) groups is 2. The molecular formula is C13H24N2O4. The lowest BCUT2D eigenvalue weighted by atomic mass is 9.84. The monoisotopic (exact) mass is 272 g/mol. The van der Waals surface area contributed by atoms with Gasteiger partial charge >= 0.3 is 12.0 Å². The molecule has 3 N–H and O–H groups in total. The summed E-state index contributed by atoms with van der Waals surface area (Å²) in [4.78, 5) is 22.8. The van der Waals surface area contributed by atoms with Gasteiger partial charge in [-0.1, -0.05) is 20.8 Å². The van der Waals surface area contributed by atoms with Crippen molar-refractivity contribution in [1.82, 2.24) is 10.6 Å². The molecule has 1 aliphatic rings. The van der Waals surface area contributed by atoms with Crippen LogP contribution in [0.4, 0.5) is 4.79 Å². The number of rotatable bonds is 5. The zero-order valence-electron chi connectivity index (χ0n) is 11.9. The first-order chi connectivity index (χ1) is 8.78. The topological polar surface area (TPSA) is 87.7 Å². The van der Waals surface area contributed by atoms with Crippen LogP contribution in [0.2, 0.25) is 0 Å². The fourth-order valence-electron chi connectivity index (χ4n) is 2.09. The predicted molar refractivity (Wildman–Crippen MR) is 71.0 cm³/mol. The number of hydrogen-bond acceptors (Lipinski definition) is 3. The van der Waals surface area contributed by atoms with Gasteiger partial charge in [-0.2, -0.15) is 0 Å². The molecule has 0 spiro atoms. The second-order valence-electron chi connectivity index (χ2n) is 6.21. The van der Waals surface area contributed by atoms with Gasteiger partial charge in [0.15, 0.2) is 0 Å². The molecule has 0 aliphatic carbocycles. The molecule has 110 valence electrons. The van der Waals surface area contributed by atoms with Crippen molar-refractivity contribution in [2.45, 2.75) is 39.7 Å². The molecule has 1 fully saturated rings. The summed E-state index contributed by atoms with van der Waals surface area (Å²) in [6.07, 6.45) is 1.33. The van der Waals surface area contributed by atoms with Crippen molar-refractivity contribution in [2.75, 3.05) is 19.8 Å². The van der Waals surface area contributed by atoms with E-state index in [1.807, 2.05) is 20.8 Å². The zero-order chi connectivity index (χ0) is 14.5. The van der Waals surface area contributed by atoms with Gasteiger partial charge in [0.25, 0.3) is 0 Å². The van der Waals surface area contributed by atoms with Gasteiger partial charge in [-0.15, -0.1) is 0 Å². The van der Waals surface area contributed by atoms with E-state index < -0.39 is 11.9 Å². The Morgan fingerprint density at radius 2 is 2.11 bits per heavy atom. The summed E-state index contributed by atoms with van der Waals surface area (Å²) in [5.74, 6) is -1.44. The van der Waals surface area contributed by atoms with Crippen molar-refractivity contribution in [2.24, 2.45) is 11.3 Å². The Kier molecular flexibility index (Phi) is 5.60. The van der Waals surface area contributed by atoms with E-state index in [1.165, 1.54) is 0 Å². The number of carboxylic acid groups (broad SMARTS) is 1. The molecule has 0 aromatic rings. The smallest absolute Gasteiger partial charge is 0.315 e. The Morgan fingerprint density at radius 3 is 2.58 bits per heavy atom. The maximum Gasteiger partial charge on any atom is 0.315 e. The molecule has 1 rings (SSSR count). The molecule has 0 aromatic carbocycles. The van der Waals surface area contributed by atoms with Crippen LogP contribution < -0.4 is 10.6 Å². The molecule has 1 saturated heterocycles. The summed E-state index contributed by atoms with van der Waals surface area (Å²) in [5.41, 5.74) is -0.0828. The van der Waals surface area contributed by atoms with Crippen LogP contribution in [0.1, 0.15) is 33.6 Å². The van der Waals surface area contributed by atoms with Crippen LogP contribution in [0.15, 0.2) is 0 Å². The van der Waals surface area contributed by atoms with E-state index in [1.54, 1.807) is 0 Å². The van der Waals surface area contributed by atoms with Crippen LogP contribution >= 0.6 is 0 Å². The number of ether oxygens (including phenoxy) is 1. The van der Waals surface area contributed by atoms with Crippen LogP contribution in [0.5, 0.6) is 0 Å². The van der Waals surface area contributed by atoms with Gasteiger partial charge in [0.1, 0.15) is 0 Å². The van der Waals surface area contributed by atoms with Crippen molar-refractivity contribution in [3.8, 4) is 0 Å². The van der Waals surface area contributed by atoms with Gasteiger partial charge < -0.3 is 20.5 Å². The average molecular weight is 272 g/mol. The molecular weight excluding hydrogens is 248 g/mol. The van der Waals surface area contributed by atoms with Gasteiger partial charge in [-0.05, 0) is 18.3 Å². The van der Waals surface area contributed by atoms with Crippen LogP contribution in [-0.4, -0.2) is 42.9 Å². The minimum atomic E-state index is -0.876. The Balaban J connectivity index is 2.34. The highest BCUT2D eigenvalue weighted by Gasteiger charge is 2.25. The molecule has 6 nitrogen and oxygen atoms in total. The normalized spacial score (nSPS) is 20.9. The number of carboxylic acids is 1. The van der Waals surface area contributed by atoms with Gasteiger partial charge in [0.2, 0.25) is 0 Å². The maximum absolute atomic E-state index is 11.6. The summed E-state index contributed by atoms with van der Waals surface area (Å²) < 4.78 is 5.15. The molecule has 6 heteroatoms. The molecule has 1 heterocycles. The van der Waals surface area contributed by atoms with E-state index in [9.17, 15) is 9.59 Å². The molecule has 2 atom stereocenters. The quantitative estimate of drug-likeness (QED) is 0.702. The van der Waals surface area contributed by atoms with Crippen molar-refractivity contribution >= 4 is 12.0 Å². The average Bonchev–Trinajstić information content (AvgIpc) is 2.75. The lowest BCUT2D eigenvalue weighted by molar-refractivity contribution is -0.142. The first kappa shape index (κ1) is 15.8. The maximum atomic E-state index is 11.6. The van der Waals surface area contributed by atoms with Crippen LogP contribution in [0, 0.1) is 11.3 Å². The lowest BCUT2D eigenvalue weighted by Gasteiger charge is -2.23. The largest absolute Gasteiger partial charge is 0.481 e. The highest BCUT2D eigenvalue weighted by atomic mass is 16.5. The summed E-state index contributed by atoms with van der Waals surface area (Å²) in [6.45, 7) is 7.28. The van der Waals surface area contributed by atoms with E-state index >= 15 is 0 Å². The van der Waals surface area contributed by atoms with Crippen molar-refractivity contribution < 1.29 is 19.4 Å². The summed E-state index contributed by atoms with van der Waals surface area (Å²) in [7, 11) is 0. The number of amides is 2. The fourth-order valence-corrected chi connectivity index (χ4v) is 2.09. The van der Waals surface area contributed by atoms with Crippen molar-refractivity contribution in [1.29, 1.82) is 0 Å². The second-order valence-corrected chi connectivity index (χ2v) is 6.21. The predicted octanol–water partition coefficient (Wildman–Crippen LogP) is 1.21. The molecule has 0 bridgehead atoms. The van der Waals surface area contributed by atoms with Crippen molar-refractivity contribution in [3.63, 3.8) is 0 Å². The van der Waals surface area contributed by atoms with Gasteiger partial charge in [-0.25, -0.2) is 4.79 Å². The Morgan fingerprint density at radius 1 is 1.42 bits per heavy atom. The van der Waals surface area contributed by atoms with E-state index in [0.29, 0.717) is 19.6 Å². The molecule has 2 amide bonds. The minimum Gasteiger partial charge on any atom is -0.481 e. The summed E-state index contributed by atoms with van der Waals surface area (Å²) in [5, 5.41) is 14.5. The Bertz CT molecular complexity index is 319. The molecule has 1 aliphatic heterocycles. The SMILES string of the molecule is CC(C)(C)CC(CNC(=O)NC1CCOC1)C(=O)O. The van der Waals surface area contributed by atoms with E-state index in [2.05, 4.69) is 10.6 Å². The highest BCUT2D eigenvalue weighted by molar-refractivity contribution is 5.76. The third-order valence-corrected chi connectivity index (χ3v) is 2.98. The molecule has 19 heavy (non-hydrogen) atoms. The van der Waals surface area contributed by atoms with Crippen LogP contribution in [0.3, 0.4) is 0 Å².